The fraction of sp³-hybridized carbons (Fsp3) is 0.800. The average Bonchev–Trinajstić information content (AvgIpc) is 2.27. The molecule has 0 saturated carbocycles. The van der Waals surface area contributed by atoms with Gasteiger partial charge < -0.3 is 19.7 Å². The molecule has 2 N–H and O–H groups in total. The number of ether oxygens (including phenoxy) is 2. The van der Waals surface area contributed by atoms with E-state index in [2.05, 4.69) is 0 Å². The van der Waals surface area contributed by atoms with E-state index < -0.39 is 30.4 Å². The molecule has 1 rings (SSSR count). The van der Waals surface area contributed by atoms with E-state index in [4.69, 9.17) is 14.6 Å². The summed E-state index contributed by atoms with van der Waals surface area (Å²) in [7, 11) is 0. The second kappa shape index (κ2) is 5.27. The third-order valence-corrected chi connectivity index (χ3v) is 2.43. The van der Waals surface area contributed by atoms with E-state index in [0.29, 0.717) is 12.8 Å². The summed E-state index contributed by atoms with van der Waals surface area (Å²) in [4.78, 5) is 22.6. The van der Waals surface area contributed by atoms with Crippen LogP contribution in [0.1, 0.15) is 32.6 Å². The standard InChI is InChI=1S/C10H16O6/c1-7(6-11)10(14)15-8(12)4-2-3-5-9(13)16-10/h7,11,14H,2-6H2,1H3. The van der Waals surface area contributed by atoms with Gasteiger partial charge in [-0.25, -0.2) is 0 Å². The van der Waals surface area contributed by atoms with Crippen molar-refractivity contribution in [2.45, 2.75) is 38.6 Å². The number of cyclic esters (lactones) is 2. The van der Waals surface area contributed by atoms with Gasteiger partial charge in [-0.05, 0) is 19.8 Å². The Morgan fingerprint density at radius 1 is 1.25 bits per heavy atom. The van der Waals surface area contributed by atoms with Gasteiger partial charge in [0.1, 0.15) is 0 Å². The van der Waals surface area contributed by atoms with Gasteiger partial charge in [0.25, 0.3) is 0 Å². The smallest absolute Gasteiger partial charge is 0.378 e. The number of rotatable bonds is 2. The van der Waals surface area contributed by atoms with Crippen molar-refractivity contribution in [2.75, 3.05) is 6.61 Å². The van der Waals surface area contributed by atoms with Gasteiger partial charge in [-0.3, -0.25) is 9.59 Å². The zero-order valence-electron chi connectivity index (χ0n) is 9.14. The highest BCUT2D eigenvalue weighted by atomic mass is 16.8. The molecule has 1 aliphatic heterocycles. The first kappa shape index (κ1) is 12.9. The minimum Gasteiger partial charge on any atom is -0.398 e. The zero-order valence-corrected chi connectivity index (χ0v) is 9.14. The molecule has 0 aromatic carbocycles. The Balaban J connectivity index is 2.83. The van der Waals surface area contributed by atoms with Crippen LogP contribution in [0.2, 0.25) is 0 Å². The highest BCUT2D eigenvalue weighted by Gasteiger charge is 2.42. The zero-order chi connectivity index (χ0) is 12.2. The summed E-state index contributed by atoms with van der Waals surface area (Å²) in [5.74, 6) is -4.53. The summed E-state index contributed by atoms with van der Waals surface area (Å²) in [6.07, 6.45) is 1.27. The summed E-state index contributed by atoms with van der Waals surface area (Å²) < 4.78 is 9.39. The van der Waals surface area contributed by atoms with E-state index in [1.54, 1.807) is 0 Å². The molecule has 0 radical (unpaired) electrons. The van der Waals surface area contributed by atoms with Gasteiger partial charge >= 0.3 is 17.9 Å². The minimum atomic E-state index is -2.35. The molecule has 1 atom stereocenters. The average molecular weight is 232 g/mol. The van der Waals surface area contributed by atoms with Crippen LogP contribution in [0, 0.1) is 5.92 Å². The maximum Gasteiger partial charge on any atom is 0.378 e. The van der Waals surface area contributed by atoms with Crippen molar-refractivity contribution in [1.29, 1.82) is 0 Å². The molecule has 92 valence electrons. The lowest BCUT2D eigenvalue weighted by Gasteiger charge is -2.30. The summed E-state index contributed by atoms with van der Waals surface area (Å²) in [6.45, 7) is 0.954. The Labute approximate surface area is 93.2 Å². The first-order valence-electron chi connectivity index (χ1n) is 5.25. The quantitative estimate of drug-likeness (QED) is 0.647. The molecule has 0 aromatic rings. The highest BCUT2D eigenvalue weighted by molar-refractivity contribution is 5.72. The Morgan fingerprint density at radius 3 is 2.06 bits per heavy atom. The molecule has 0 aromatic heterocycles. The van der Waals surface area contributed by atoms with E-state index in [1.807, 2.05) is 0 Å². The molecule has 6 heteroatoms. The Morgan fingerprint density at radius 2 is 1.69 bits per heavy atom. The number of carbonyl (C=O) groups is 2. The van der Waals surface area contributed by atoms with Crippen molar-refractivity contribution in [3.8, 4) is 0 Å². The van der Waals surface area contributed by atoms with Crippen molar-refractivity contribution in [3.63, 3.8) is 0 Å². The number of hydrogen-bond donors (Lipinski definition) is 2. The fourth-order valence-corrected chi connectivity index (χ4v) is 1.30. The summed E-state index contributed by atoms with van der Waals surface area (Å²) in [5.41, 5.74) is 0. The monoisotopic (exact) mass is 232 g/mol. The van der Waals surface area contributed by atoms with Crippen molar-refractivity contribution >= 4 is 11.9 Å². The van der Waals surface area contributed by atoms with Crippen LogP contribution in [0.15, 0.2) is 0 Å². The van der Waals surface area contributed by atoms with Gasteiger partial charge in [-0.2, -0.15) is 0 Å². The van der Waals surface area contributed by atoms with Gasteiger partial charge in [0.05, 0.1) is 12.5 Å². The summed E-state index contributed by atoms with van der Waals surface area (Å²) >= 11 is 0. The van der Waals surface area contributed by atoms with Crippen molar-refractivity contribution in [3.05, 3.63) is 0 Å². The number of esters is 2. The van der Waals surface area contributed by atoms with E-state index in [9.17, 15) is 14.7 Å². The number of aliphatic hydroxyl groups excluding tert-OH is 1. The largest absolute Gasteiger partial charge is 0.398 e. The molecule has 1 heterocycles. The lowest BCUT2D eigenvalue weighted by Crippen LogP contribution is -2.46. The van der Waals surface area contributed by atoms with Gasteiger partial charge in [-0.1, -0.05) is 0 Å². The van der Waals surface area contributed by atoms with Crippen LogP contribution >= 0.6 is 0 Å². The molecule has 16 heavy (non-hydrogen) atoms. The minimum absolute atomic E-state index is 0.122. The Kier molecular flexibility index (Phi) is 4.26. The maximum absolute atomic E-state index is 11.3. The normalized spacial score (nSPS) is 23.4. The van der Waals surface area contributed by atoms with Crippen molar-refractivity contribution < 1.29 is 29.3 Å². The maximum atomic E-state index is 11.3. The van der Waals surface area contributed by atoms with Crippen LogP contribution in [0.3, 0.4) is 0 Å². The molecular weight excluding hydrogens is 216 g/mol. The molecule has 1 unspecified atom stereocenters. The second-order valence-electron chi connectivity index (χ2n) is 3.87. The molecule has 0 aliphatic carbocycles. The summed E-state index contributed by atoms with van der Waals surface area (Å²) in [6, 6.07) is 0. The third kappa shape index (κ3) is 3.18. The molecule has 1 saturated heterocycles. The van der Waals surface area contributed by atoms with Crippen LogP contribution in [0.5, 0.6) is 0 Å². The van der Waals surface area contributed by atoms with Crippen LogP contribution in [0.4, 0.5) is 0 Å². The molecule has 0 spiro atoms. The molecule has 6 nitrogen and oxygen atoms in total. The van der Waals surface area contributed by atoms with Gasteiger partial charge in [0.2, 0.25) is 0 Å². The molecule has 1 aliphatic rings. The van der Waals surface area contributed by atoms with Crippen LogP contribution in [0.25, 0.3) is 0 Å². The lowest BCUT2D eigenvalue weighted by molar-refractivity contribution is -0.350. The lowest BCUT2D eigenvalue weighted by atomic mass is 10.1. The van der Waals surface area contributed by atoms with Crippen LogP contribution < -0.4 is 0 Å². The predicted octanol–water partition coefficient (Wildman–Crippen LogP) is -0.0787. The SMILES string of the molecule is CC(CO)C1(O)OC(=O)CCCCC(=O)O1. The van der Waals surface area contributed by atoms with E-state index in [1.165, 1.54) is 6.92 Å². The third-order valence-electron chi connectivity index (χ3n) is 2.43. The van der Waals surface area contributed by atoms with Gasteiger partial charge in [0, 0.05) is 12.8 Å². The molecule has 1 fully saturated rings. The molecule has 0 bridgehead atoms. The first-order valence-corrected chi connectivity index (χ1v) is 5.25. The van der Waals surface area contributed by atoms with E-state index >= 15 is 0 Å². The second-order valence-corrected chi connectivity index (χ2v) is 3.87. The number of aliphatic hydroxyl groups is 2. The first-order chi connectivity index (χ1) is 7.48. The van der Waals surface area contributed by atoms with E-state index in [-0.39, 0.29) is 12.8 Å². The predicted molar refractivity (Wildman–Crippen MR) is 51.9 cm³/mol. The highest BCUT2D eigenvalue weighted by Crippen LogP contribution is 2.24. The van der Waals surface area contributed by atoms with E-state index in [0.717, 1.165) is 0 Å². The Hall–Kier alpha value is -1.14. The fourth-order valence-electron chi connectivity index (χ4n) is 1.30. The topological polar surface area (TPSA) is 93.1 Å². The van der Waals surface area contributed by atoms with Crippen LogP contribution in [-0.2, 0) is 19.1 Å². The van der Waals surface area contributed by atoms with Gasteiger partial charge in [0.15, 0.2) is 0 Å². The van der Waals surface area contributed by atoms with Crippen LogP contribution in [-0.4, -0.2) is 34.7 Å². The van der Waals surface area contributed by atoms with Crippen molar-refractivity contribution in [1.82, 2.24) is 0 Å². The Bertz CT molecular complexity index is 254. The molecule has 0 amide bonds. The molecular formula is C10H16O6. The van der Waals surface area contributed by atoms with Gasteiger partial charge in [-0.15, -0.1) is 0 Å². The van der Waals surface area contributed by atoms with Crippen molar-refractivity contribution in [2.24, 2.45) is 5.92 Å². The number of hydrogen-bond acceptors (Lipinski definition) is 6. The number of carbonyl (C=O) groups excluding carboxylic acids is 2. The summed E-state index contributed by atoms with van der Waals surface area (Å²) in [5, 5.41) is 18.8.